The van der Waals surface area contributed by atoms with Gasteiger partial charge in [-0.2, -0.15) is 5.26 Å². The molecule has 0 saturated heterocycles. The van der Waals surface area contributed by atoms with Crippen LogP contribution in [0.15, 0.2) is 9.59 Å². The van der Waals surface area contributed by atoms with Gasteiger partial charge in [-0.3, -0.25) is 19.5 Å². The van der Waals surface area contributed by atoms with Crippen LogP contribution in [0.3, 0.4) is 0 Å². The molecule has 2 aliphatic rings. The van der Waals surface area contributed by atoms with Crippen molar-refractivity contribution in [2.24, 2.45) is 5.92 Å². The van der Waals surface area contributed by atoms with Gasteiger partial charge in [-0.15, -0.1) is 0 Å². The quantitative estimate of drug-likeness (QED) is 0.784. The number of carbonyl (C=O) groups excluding carboxylic acids is 2. The predicted octanol–water partition coefficient (Wildman–Crippen LogP) is 0.232. The van der Waals surface area contributed by atoms with Crippen molar-refractivity contribution in [2.75, 3.05) is 0 Å². The molecule has 0 bridgehead atoms. The molecule has 0 radical (unpaired) electrons. The van der Waals surface area contributed by atoms with Gasteiger partial charge in [0.25, 0.3) is 5.56 Å². The zero-order valence-corrected chi connectivity index (χ0v) is 15.3. The zero-order valence-electron chi connectivity index (χ0n) is 15.3. The molecule has 2 N–H and O–H groups in total. The van der Waals surface area contributed by atoms with Gasteiger partial charge in [0.05, 0.1) is 0 Å². The first-order valence-electron chi connectivity index (χ1n) is 9.29. The fraction of sp³-hybridized carbons (Fsp3) is 0.611. The van der Waals surface area contributed by atoms with Crippen molar-refractivity contribution in [3.05, 3.63) is 32.1 Å². The lowest BCUT2D eigenvalue weighted by molar-refractivity contribution is -0.120. The van der Waals surface area contributed by atoms with E-state index in [0.717, 1.165) is 30.3 Å². The van der Waals surface area contributed by atoms with Crippen LogP contribution in [-0.2, 0) is 24.3 Å². The first kappa shape index (κ1) is 18.9. The normalized spacial score (nSPS) is 21.2. The number of imide groups is 1. The summed E-state index contributed by atoms with van der Waals surface area (Å²) in [5.74, 6) is -0.431. The van der Waals surface area contributed by atoms with Crippen molar-refractivity contribution in [2.45, 2.75) is 64.6 Å². The van der Waals surface area contributed by atoms with Gasteiger partial charge in [0.2, 0.25) is 5.91 Å². The fourth-order valence-corrected chi connectivity index (χ4v) is 3.93. The Bertz CT molecular complexity index is 923. The maximum atomic E-state index is 12.5. The Hall–Kier alpha value is -2.89. The molecule has 1 fully saturated rings. The highest BCUT2D eigenvalue weighted by Gasteiger charge is 2.25. The summed E-state index contributed by atoms with van der Waals surface area (Å²) in [7, 11) is 0. The summed E-state index contributed by atoms with van der Waals surface area (Å²) < 4.78 is 2.08. The lowest BCUT2D eigenvalue weighted by Crippen LogP contribution is -2.50. The number of hydrogen-bond acceptors (Lipinski definition) is 5. The molecule has 0 aromatic carbocycles. The summed E-state index contributed by atoms with van der Waals surface area (Å²) in [6.07, 6.45) is 5.20. The van der Waals surface area contributed by atoms with Gasteiger partial charge in [-0.05, 0) is 31.6 Å². The molecule has 27 heavy (non-hydrogen) atoms. The molecule has 2 heterocycles. The van der Waals surface area contributed by atoms with E-state index in [2.05, 4.69) is 17.6 Å². The maximum absolute atomic E-state index is 12.5. The SMILES string of the molecule is C[C@H]1CCCC[C@@H]1NC(=O)NC(=O)Cn1c(=O)c(C#N)c2n(c1=O)CCC2. The van der Waals surface area contributed by atoms with Crippen molar-refractivity contribution < 1.29 is 9.59 Å². The lowest BCUT2D eigenvalue weighted by Gasteiger charge is -2.29. The van der Waals surface area contributed by atoms with E-state index in [4.69, 9.17) is 0 Å². The molecule has 1 saturated carbocycles. The second kappa shape index (κ2) is 7.78. The summed E-state index contributed by atoms with van der Waals surface area (Å²) in [5.41, 5.74) is -1.09. The van der Waals surface area contributed by atoms with E-state index < -0.39 is 29.7 Å². The molecule has 1 aromatic heterocycles. The third-order valence-electron chi connectivity index (χ3n) is 5.42. The molecule has 0 unspecified atom stereocenters. The number of carbonyl (C=O) groups is 2. The topological polar surface area (TPSA) is 126 Å². The Morgan fingerprint density at radius 3 is 2.67 bits per heavy atom. The molecule has 144 valence electrons. The average Bonchev–Trinajstić information content (AvgIpc) is 3.10. The Labute approximate surface area is 156 Å². The van der Waals surface area contributed by atoms with Gasteiger partial charge in [0, 0.05) is 18.3 Å². The molecule has 2 atom stereocenters. The van der Waals surface area contributed by atoms with Crippen LogP contribution in [-0.4, -0.2) is 27.1 Å². The molecule has 9 nitrogen and oxygen atoms in total. The van der Waals surface area contributed by atoms with E-state index in [-0.39, 0.29) is 11.6 Å². The smallest absolute Gasteiger partial charge is 0.331 e. The molecule has 9 heteroatoms. The molecular formula is C18H23N5O4. The van der Waals surface area contributed by atoms with Gasteiger partial charge in [-0.1, -0.05) is 19.8 Å². The van der Waals surface area contributed by atoms with E-state index in [1.54, 1.807) is 0 Å². The monoisotopic (exact) mass is 373 g/mol. The molecular weight excluding hydrogens is 350 g/mol. The highest BCUT2D eigenvalue weighted by molar-refractivity contribution is 5.94. The number of amides is 3. The summed E-state index contributed by atoms with van der Waals surface area (Å²) >= 11 is 0. The van der Waals surface area contributed by atoms with Crippen LogP contribution in [0.25, 0.3) is 0 Å². The van der Waals surface area contributed by atoms with Crippen LogP contribution in [0.1, 0.15) is 50.3 Å². The lowest BCUT2D eigenvalue weighted by atomic mass is 9.86. The van der Waals surface area contributed by atoms with Crippen molar-refractivity contribution >= 4 is 11.9 Å². The molecule has 0 spiro atoms. The van der Waals surface area contributed by atoms with Crippen molar-refractivity contribution in [1.82, 2.24) is 19.8 Å². The molecule has 1 aliphatic heterocycles. The number of nitrogens with zero attached hydrogens (tertiary/aromatic N) is 3. The Morgan fingerprint density at radius 2 is 1.96 bits per heavy atom. The standard InChI is InChI=1S/C18H23N5O4/c1-11-5-2-3-6-13(11)20-17(26)21-15(24)10-23-16(25)12(9-19)14-7-4-8-22(14)18(23)27/h11,13H,2-8,10H2,1H3,(H2,20,21,24,26)/t11-,13-/m0/s1. The van der Waals surface area contributed by atoms with E-state index in [1.165, 1.54) is 4.57 Å². The highest BCUT2D eigenvalue weighted by Crippen LogP contribution is 2.23. The number of urea groups is 1. The summed E-state index contributed by atoms with van der Waals surface area (Å²) in [6.45, 7) is 1.87. The third-order valence-corrected chi connectivity index (χ3v) is 5.42. The van der Waals surface area contributed by atoms with E-state index in [0.29, 0.717) is 31.0 Å². The Morgan fingerprint density at radius 1 is 1.22 bits per heavy atom. The second-order valence-corrected chi connectivity index (χ2v) is 7.25. The Kier molecular flexibility index (Phi) is 5.44. The minimum atomic E-state index is -0.785. The van der Waals surface area contributed by atoms with E-state index in [9.17, 15) is 24.4 Å². The van der Waals surface area contributed by atoms with Crippen molar-refractivity contribution in [3.63, 3.8) is 0 Å². The highest BCUT2D eigenvalue weighted by atomic mass is 16.2. The number of rotatable bonds is 3. The van der Waals surface area contributed by atoms with E-state index >= 15 is 0 Å². The number of aromatic nitrogens is 2. The van der Waals surface area contributed by atoms with E-state index in [1.807, 2.05) is 6.07 Å². The third kappa shape index (κ3) is 3.79. The van der Waals surface area contributed by atoms with Gasteiger partial charge in [-0.25, -0.2) is 14.2 Å². The van der Waals surface area contributed by atoms with Crippen LogP contribution in [0.4, 0.5) is 4.79 Å². The average molecular weight is 373 g/mol. The summed E-state index contributed by atoms with van der Waals surface area (Å²) in [6, 6.07) is 1.21. The number of hydrogen-bond donors (Lipinski definition) is 2. The predicted molar refractivity (Wildman–Crippen MR) is 96.1 cm³/mol. The van der Waals surface area contributed by atoms with Crippen LogP contribution in [0.2, 0.25) is 0 Å². The summed E-state index contributed by atoms with van der Waals surface area (Å²) in [5, 5.41) is 14.2. The van der Waals surface area contributed by atoms with Crippen LogP contribution in [0, 0.1) is 17.2 Å². The van der Waals surface area contributed by atoms with Crippen molar-refractivity contribution in [1.29, 1.82) is 5.26 Å². The number of nitrogens with one attached hydrogen (secondary N) is 2. The first-order chi connectivity index (χ1) is 12.9. The van der Waals surface area contributed by atoms with Gasteiger partial charge in [0.15, 0.2) is 0 Å². The summed E-state index contributed by atoms with van der Waals surface area (Å²) in [4.78, 5) is 49.1. The van der Waals surface area contributed by atoms with Crippen LogP contribution in [0.5, 0.6) is 0 Å². The number of fused-ring (bicyclic) bond motifs is 1. The largest absolute Gasteiger partial charge is 0.335 e. The van der Waals surface area contributed by atoms with Gasteiger partial charge >= 0.3 is 11.7 Å². The van der Waals surface area contributed by atoms with Crippen LogP contribution >= 0.6 is 0 Å². The zero-order chi connectivity index (χ0) is 19.6. The fourth-order valence-electron chi connectivity index (χ4n) is 3.93. The molecule has 1 aliphatic carbocycles. The molecule has 3 rings (SSSR count). The van der Waals surface area contributed by atoms with Crippen LogP contribution < -0.4 is 21.9 Å². The first-order valence-corrected chi connectivity index (χ1v) is 9.29. The minimum absolute atomic E-state index is 0.00471. The Balaban J connectivity index is 1.71. The minimum Gasteiger partial charge on any atom is -0.335 e. The van der Waals surface area contributed by atoms with Crippen molar-refractivity contribution in [3.8, 4) is 6.07 Å². The van der Waals surface area contributed by atoms with Gasteiger partial charge in [0.1, 0.15) is 18.2 Å². The van der Waals surface area contributed by atoms with Gasteiger partial charge < -0.3 is 5.32 Å². The maximum Gasteiger partial charge on any atom is 0.331 e. The number of nitriles is 1. The molecule has 3 amide bonds. The molecule has 1 aromatic rings. The second-order valence-electron chi connectivity index (χ2n) is 7.25.